The number of para-hydroxylation sites is 2. The van der Waals surface area contributed by atoms with Crippen LogP contribution in [0.5, 0.6) is 5.75 Å². The van der Waals surface area contributed by atoms with Gasteiger partial charge >= 0.3 is 36.9 Å². The summed E-state index contributed by atoms with van der Waals surface area (Å²) in [6.07, 6.45) is 8.59. The third kappa shape index (κ3) is 10.1. The second-order valence-electron chi connectivity index (χ2n) is 12.5. The number of ether oxygens (including phenoxy) is 1. The van der Waals surface area contributed by atoms with E-state index in [1.807, 2.05) is 70.7 Å². The Morgan fingerprint density at radius 3 is 1.55 bits per heavy atom. The largest absolute Gasteiger partial charge is 3.00 e. The fourth-order valence-electron chi connectivity index (χ4n) is 4.90. The summed E-state index contributed by atoms with van der Waals surface area (Å²) in [5.41, 5.74) is 9.67. The summed E-state index contributed by atoms with van der Waals surface area (Å²) >= 11 is 0. The number of hydrogen-bond donors (Lipinski definition) is 0. The summed E-state index contributed by atoms with van der Waals surface area (Å²) in [6.45, 7) is 21.2. The van der Waals surface area contributed by atoms with Gasteiger partial charge in [0.25, 0.3) is 0 Å². The first kappa shape index (κ1) is 37.5. The zero-order valence-corrected chi connectivity index (χ0v) is 29.3. The van der Waals surface area contributed by atoms with Crippen molar-refractivity contribution in [2.24, 2.45) is 0 Å². The van der Waals surface area contributed by atoms with E-state index in [1.165, 1.54) is 33.6 Å². The summed E-state index contributed by atoms with van der Waals surface area (Å²) in [7, 11) is 9.85. The van der Waals surface area contributed by atoms with Crippen LogP contribution in [0.3, 0.4) is 0 Å². The average molecular weight is 727 g/mol. The van der Waals surface area contributed by atoms with Crippen molar-refractivity contribution in [1.82, 2.24) is 0 Å². The van der Waals surface area contributed by atoms with Gasteiger partial charge in [-0.15, -0.1) is 12.1 Å². The molecule has 0 heterocycles. The van der Waals surface area contributed by atoms with Gasteiger partial charge in [-0.2, -0.15) is 42.7 Å². The standard InChI is InChI=1S/C20H27O.2C9H12N.Lu/c1-14-12-16(19(2,3)4)18(21-7)17(13-14)20(5,6)15-10-8-9-11-15;2*1-8-6-4-5-7-9(8)10(2)3;/h8-9,12-13H,10H2,1-7H3;2*4-7H,1H2,2-3H3;/q3*-1;+3. The van der Waals surface area contributed by atoms with Gasteiger partial charge in [0, 0.05) is 11.1 Å². The van der Waals surface area contributed by atoms with Crippen LogP contribution in [-0.2, 0) is 10.8 Å². The van der Waals surface area contributed by atoms with Crippen LogP contribution in [-0.4, -0.2) is 35.3 Å². The van der Waals surface area contributed by atoms with Gasteiger partial charge in [-0.05, 0) is 45.9 Å². The van der Waals surface area contributed by atoms with E-state index >= 15 is 0 Å². The molecule has 0 bridgehead atoms. The summed E-state index contributed by atoms with van der Waals surface area (Å²) in [4.78, 5) is 4.12. The predicted octanol–water partition coefficient (Wildman–Crippen LogP) is 9.14. The van der Waals surface area contributed by atoms with Gasteiger partial charge in [0.15, 0.2) is 0 Å². The molecule has 0 aromatic heterocycles. The minimum Gasteiger partial charge on any atom is -0.496 e. The van der Waals surface area contributed by atoms with E-state index in [-0.39, 0.29) is 47.7 Å². The number of aryl methyl sites for hydroxylation is 1. The van der Waals surface area contributed by atoms with E-state index in [1.54, 1.807) is 7.11 Å². The summed E-state index contributed by atoms with van der Waals surface area (Å²) in [5.74, 6) is 1.03. The van der Waals surface area contributed by atoms with Crippen LogP contribution in [0.2, 0.25) is 0 Å². The number of methoxy groups -OCH3 is 1. The van der Waals surface area contributed by atoms with Crippen LogP contribution >= 0.6 is 0 Å². The molecule has 0 N–H and O–H groups in total. The molecule has 0 fully saturated rings. The van der Waals surface area contributed by atoms with Crippen LogP contribution < -0.4 is 14.5 Å². The van der Waals surface area contributed by atoms with Crippen LogP contribution in [0.4, 0.5) is 11.4 Å². The molecule has 0 atom stereocenters. The van der Waals surface area contributed by atoms with E-state index in [2.05, 4.69) is 102 Å². The molecule has 0 spiro atoms. The zero-order valence-electron chi connectivity index (χ0n) is 27.6. The first-order valence-corrected chi connectivity index (χ1v) is 14.2. The zero-order chi connectivity index (χ0) is 31.0. The molecule has 0 saturated carbocycles. The molecule has 4 rings (SSSR count). The molecule has 4 heteroatoms. The molecule has 0 amide bonds. The van der Waals surface area contributed by atoms with Crippen LogP contribution in [0.1, 0.15) is 68.9 Å². The smallest absolute Gasteiger partial charge is 0.496 e. The van der Waals surface area contributed by atoms with E-state index in [4.69, 9.17) is 4.74 Å². The molecular formula is C38H51LuN2O. The first-order chi connectivity index (χ1) is 19.1. The Labute approximate surface area is 286 Å². The van der Waals surface area contributed by atoms with Crippen molar-refractivity contribution in [3.8, 4) is 5.75 Å². The number of benzene rings is 3. The Kier molecular flexibility index (Phi) is 14.6. The molecule has 0 unspecified atom stereocenters. The SMILES string of the molecule is COc1c(C(C)(C)C)cc(C)cc1C(C)(C)C1=[C-]C=CC1.[CH2-]c1ccccc1N(C)C.[CH2-]c1ccccc1N(C)C.[Lu+3]. The fourth-order valence-corrected chi connectivity index (χ4v) is 4.90. The van der Waals surface area contributed by atoms with Crippen LogP contribution in [0.15, 0.2) is 78.4 Å². The Balaban J connectivity index is 0.000000351. The van der Waals surface area contributed by atoms with Crippen LogP contribution in [0.25, 0.3) is 0 Å². The van der Waals surface area contributed by atoms with Crippen molar-refractivity contribution in [3.63, 3.8) is 0 Å². The molecule has 0 radical (unpaired) electrons. The number of anilines is 2. The second kappa shape index (κ2) is 16.4. The van der Waals surface area contributed by atoms with Crippen molar-refractivity contribution in [2.75, 3.05) is 45.1 Å². The molecule has 234 valence electrons. The Bertz CT molecular complexity index is 1290. The maximum atomic E-state index is 5.84. The monoisotopic (exact) mass is 726 g/mol. The van der Waals surface area contributed by atoms with Gasteiger partial charge in [-0.3, -0.25) is 6.08 Å². The summed E-state index contributed by atoms with van der Waals surface area (Å²) < 4.78 is 5.84. The third-order valence-electron chi connectivity index (χ3n) is 7.32. The van der Waals surface area contributed by atoms with Crippen molar-refractivity contribution in [1.29, 1.82) is 0 Å². The molecule has 3 aromatic carbocycles. The normalized spacial score (nSPS) is 12.1. The minimum absolute atomic E-state index is 0. The van der Waals surface area contributed by atoms with Gasteiger partial charge < -0.3 is 14.5 Å². The number of allylic oxidation sites excluding steroid dienone is 4. The van der Waals surface area contributed by atoms with Crippen LogP contribution in [0, 0.1) is 63.7 Å². The average Bonchev–Trinajstić information content (AvgIpc) is 3.45. The van der Waals surface area contributed by atoms with E-state index in [0.717, 1.165) is 23.3 Å². The van der Waals surface area contributed by atoms with Crippen molar-refractivity contribution in [3.05, 3.63) is 126 Å². The molecule has 3 aromatic rings. The minimum atomic E-state index is -0.0686. The van der Waals surface area contributed by atoms with E-state index in [9.17, 15) is 0 Å². The summed E-state index contributed by atoms with van der Waals surface area (Å²) in [6, 6.07) is 20.7. The molecule has 3 nitrogen and oxygen atoms in total. The molecule has 0 aliphatic heterocycles. The van der Waals surface area contributed by atoms with Gasteiger partial charge in [0.05, 0.1) is 7.11 Å². The van der Waals surface area contributed by atoms with Gasteiger partial charge in [-0.1, -0.05) is 94.4 Å². The summed E-state index contributed by atoms with van der Waals surface area (Å²) in [5, 5.41) is 0. The van der Waals surface area contributed by atoms with Crippen molar-refractivity contribution in [2.45, 2.75) is 58.8 Å². The van der Waals surface area contributed by atoms with Crippen molar-refractivity contribution < 1.29 is 41.6 Å². The van der Waals surface area contributed by atoms with Crippen molar-refractivity contribution >= 4 is 11.4 Å². The first-order valence-electron chi connectivity index (χ1n) is 14.2. The maximum absolute atomic E-state index is 5.84. The van der Waals surface area contributed by atoms with E-state index < -0.39 is 0 Å². The predicted molar refractivity (Wildman–Crippen MR) is 180 cm³/mol. The molecule has 42 heavy (non-hydrogen) atoms. The van der Waals surface area contributed by atoms with E-state index in [0.29, 0.717) is 0 Å². The second-order valence-corrected chi connectivity index (χ2v) is 12.5. The molecular weight excluding hydrogens is 675 g/mol. The topological polar surface area (TPSA) is 15.7 Å². The van der Waals surface area contributed by atoms with Gasteiger partial charge in [-0.25, -0.2) is 12.2 Å². The Hall–Kier alpha value is -2.49. The quantitative estimate of drug-likeness (QED) is 0.244. The third-order valence-corrected chi connectivity index (χ3v) is 7.32. The number of hydrogen-bond acceptors (Lipinski definition) is 3. The fraction of sp³-hybridized carbons (Fsp3) is 0.368. The molecule has 0 saturated heterocycles. The van der Waals surface area contributed by atoms with Gasteiger partial charge in [0.2, 0.25) is 0 Å². The molecule has 1 aliphatic carbocycles. The Morgan fingerprint density at radius 2 is 1.21 bits per heavy atom. The number of nitrogens with zero attached hydrogens (tertiary/aromatic N) is 2. The Morgan fingerprint density at radius 1 is 0.762 bits per heavy atom. The maximum Gasteiger partial charge on any atom is 3.00 e. The number of rotatable bonds is 5. The molecule has 1 aliphatic rings. The van der Waals surface area contributed by atoms with Gasteiger partial charge in [0.1, 0.15) is 5.75 Å².